The lowest BCUT2D eigenvalue weighted by Gasteiger charge is -2.01. The molecule has 0 heterocycles. The van der Waals surface area contributed by atoms with Gasteiger partial charge < -0.3 is 4.55 Å². The summed E-state index contributed by atoms with van der Waals surface area (Å²) in [5.41, 5.74) is 0. The van der Waals surface area contributed by atoms with Crippen LogP contribution in [0.4, 0.5) is 0 Å². The zero-order valence-corrected chi connectivity index (χ0v) is 6.30. The van der Waals surface area contributed by atoms with Gasteiger partial charge in [-0.2, -0.15) is 0 Å². The molecule has 0 saturated heterocycles. The molecule has 2 heteroatoms. The van der Waals surface area contributed by atoms with Crippen molar-refractivity contribution < 1.29 is 4.55 Å². The summed E-state index contributed by atoms with van der Waals surface area (Å²) in [6, 6.07) is 9.24. The van der Waals surface area contributed by atoms with Gasteiger partial charge in [0.15, 0.2) is 4.90 Å². The van der Waals surface area contributed by atoms with E-state index in [2.05, 4.69) is 6.58 Å². The molecule has 1 aromatic rings. The smallest absolute Gasteiger partial charge is 0.157 e. The maximum atomic E-state index is 11.0. The fourth-order valence-electron chi connectivity index (χ4n) is 0.651. The van der Waals surface area contributed by atoms with Crippen LogP contribution in [-0.4, -0.2) is 4.55 Å². The molecule has 0 bridgehead atoms. The summed E-state index contributed by atoms with van der Waals surface area (Å²) in [6.45, 7) is 3.44. The Morgan fingerprint density at radius 3 is 2.40 bits per heavy atom. The van der Waals surface area contributed by atoms with Gasteiger partial charge in [-0.1, -0.05) is 24.8 Å². The Morgan fingerprint density at radius 1 is 1.30 bits per heavy atom. The Balaban J connectivity index is 2.84. The van der Waals surface area contributed by atoms with Crippen molar-refractivity contribution in [2.24, 2.45) is 0 Å². The highest BCUT2D eigenvalue weighted by molar-refractivity contribution is 7.94. The van der Waals surface area contributed by atoms with Gasteiger partial charge in [0.2, 0.25) is 0 Å². The first kappa shape index (κ1) is 7.38. The SMILES string of the molecule is [13CH2]=C[S+]([O-])c1ccccc1. The van der Waals surface area contributed by atoms with Gasteiger partial charge in [-0.25, -0.2) is 0 Å². The van der Waals surface area contributed by atoms with Crippen LogP contribution in [0.1, 0.15) is 0 Å². The van der Waals surface area contributed by atoms with Gasteiger partial charge in [-0.3, -0.25) is 0 Å². The van der Waals surface area contributed by atoms with Crippen molar-refractivity contribution in [2.75, 3.05) is 0 Å². The number of rotatable bonds is 2. The maximum absolute atomic E-state index is 11.0. The topological polar surface area (TPSA) is 23.1 Å². The standard InChI is InChI=1S/C8H8OS/c1-2-10(9)8-6-4-3-5-7-8/h2-7H,1H2/i1+1. The Hall–Kier alpha value is -0.730. The first-order valence-electron chi connectivity index (χ1n) is 2.93. The van der Waals surface area contributed by atoms with E-state index >= 15 is 0 Å². The molecule has 0 aliphatic carbocycles. The van der Waals surface area contributed by atoms with Crippen LogP contribution in [0.5, 0.6) is 0 Å². The summed E-state index contributed by atoms with van der Waals surface area (Å²) in [7, 11) is 0. The lowest BCUT2D eigenvalue weighted by molar-refractivity contribution is 0.603. The molecule has 0 radical (unpaired) electrons. The number of hydrogen-bond acceptors (Lipinski definition) is 1. The molecule has 1 nitrogen and oxygen atoms in total. The molecule has 0 aliphatic heterocycles. The van der Waals surface area contributed by atoms with Crippen LogP contribution in [0, 0.1) is 0 Å². The van der Waals surface area contributed by atoms with Gasteiger partial charge in [0.1, 0.15) is 5.41 Å². The van der Waals surface area contributed by atoms with Crippen LogP contribution >= 0.6 is 0 Å². The van der Waals surface area contributed by atoms with Crippen LogP contribution < -0.4 is 0 Å². The molecule has 1 unspecified atom stereocenters. The van der Waals surface area contributed by atoms with Gasteiger partial charge in [-0.15, -0.1) is 0 Å². The molecule has 0 aromatic heterocycles. The molecule has 52 valence electrons. The fraction of sp³-hybridized carbons (Fsp3) is 0. The van der Waals surface area contributed by atoms with E-state index < -0.39 is 11.2 Å². The molecule has 1 aromatic carbocycles. The second kappa shape index (κ2) is 3.44. The lowest BCUT2D eigenvalue weighted by Crippen LogP contribution is -1.93. The van der Waals surface area contributed by atoms with Gasteiger partial charge in [0, 0.05) is 11.2 Å². The highest BCUT2D eigenvalue weighted by Crippen LogP contribution is 2.09. The van der Waals surface area contributed by atoms with Crippen molar-refractivity contribution in [3.8, 4) is 0 Å². The molecule has 0 fully saturated rings. The Labute approximate surface area is 63.6 Å². The molecule has 0 amide bonds. The third kappa shape index (κ3) is 1.62. The van der Waals surface area contributed by atoms with Gasteiger partial charge in [0.25, 0.3) is 0 Å². The average molecular weight is 153 g/mol. The second-order valence-corrected chi connectivity index (χ2v) is 3.18. The van der Waals surface area contributed by atoms with Crippen molar-refractivity contribution in [3.63, 3.8) is 0 Å². The minimum Gasteiger partial charge on any atom is -0.607 e. The average Bonchev–Trinajstić information content (AvgIpc) is 2.05. The van der Waals surface area contributed by atoms with Crippen LogP contribution in [0.2, 0.25) is 0 Å². The molecule has 0 spiro atoms. The van der Waals surface area contributed by atoms with Crippen molar-refractivity contribution in [3.05, 3.63) is 42.3 Å². The molecular weight excluding hydrogens is 145 g/mol. The monoisotopic (exact) mass is 153 g/mol. The van der Waals surface area contributed by atoms with Crippen LogP contribution in [-0.2, 0) is 11.2 Å². The van der Waals surface area contributed by atoms with E-state index in [4.69, 9.17) is 0 Å². The summed E-state index contributed by atoms with van der Waals surface area (Å²) in [4.78, 5) is 0.803. The zero-order valence-electron chi connectivity index (χ0n) is 5.49. The predicted octanol–water partition coefficient (Wildman–Crippen LogP) is 1.94. The quantitative estimate of drug-likeness (QED) is 0.470. The third-order valence-corrected chi connectivity index (χ3v) is 2.17. The van der Waals surface area contributed by atoms with Gasteiger partial charge >= 0.3 is 0 Å². The zero-order chi connectivity index (χ0) is 7.40. The Kier molecular flexibility index (Phi) is 2.54. The van der Waals surface area contributed by atoms with E-state index in [1.807, 2.05) is 30.3 Å². The van der Waals surface area contributed by atoms with E-state index in [1.54, 1.807) is 0 Å². The summed E-state index contributed by atoms with van der Waals surface area (Å²) >= 11 is -1.03. The summed E-state index contributed by atoms with van der Waals surface area (Å²) in [5, 5.41) is 1.43. The molecular formula is C8H8OS. The lowest BCUT2D eigenvalue weighted by atomic mass is 10.4. The Morgan fingerprint density at radius 2 is 1.90 bits per heavy atom. The normalized spacial score (nSPS) is 12.5. The molecule has 0 aliphatic rings. The first-order chi connectivity index (χ1) is 4.84. The summed E-state index contributed by atoms with van der Waals surface area (Å²) in [6.07, 6.45) is 0. The van der Waals surface area contributed by atoms with Gasteiger partial charge in [-0.05, 0) is 12.1 Å². The molecule has 0 saturated carbocycles. The predicted molar refractivity (Wildman–Crippen MR) is 43.0 cm³/mol. The molecule has 10 heavy (non-hydrogen) atoms. The van der Waals surface area contributed by atoms with Gasteiger partial charge in [0.05, 0.1) is 0 Å². The van der Waals surface area contributed by atoms with E-state index in [0.717, 1.165) is 4.90 Å². The summed E-state index contributed by atoms with van der Waals surface area (Å²) in [5.74, 6) is 0. The molecule has 1 atom stereocenters. The minimum atomic E-state index is -1.03. The Bertz CT molecular complexity index is 208. The van der Waals surface area contributed by atoms with Crippen molar-refractivity contribution in [1.82, 2.24) is 0 Å². The number of benzene rings is 1. The van der Waals surface area contributed by atoms with E-state index in [1.165, 1.54) is 5.41 Å². The van der Waals surface area contributed by atoms with Crippen LogP contribution in [0.3, 0.4) is 0 Å². The highest BCUT2D eigenvalue weighted by atomic mass is 32.2. The van der Waals surface area contributed by atoms with Crippen molar-refractivity contribution in [2.45, 2.75) is 4.90 Å². The molecule has 0 N–H and O–H groups in total. The summed E-state index contributed by atoms with van der Waals surface area (Å²) < 4.78 is 11.0. The minimum absolute atomic E-state index is 0.803. The second-order valence-electron chi connectivity index (χ2n) is 1.78. The molecule has 1 rings (SSSR count). The van der Waals surface area contributed by atoms with E-state index in [-0.39, 0.29) is 0 Å². The fourth-order valence-corrected chi connectivity index (χ4v) is 1.27. The van der Waals surface area contributed by atoms with Crippen molar-refractivity contribution >= 4 is 11.2 Å². The third-order valence-electron chi connectivity index (χ3n) is 1.13. The largest absolute Gasteiger partial charge is 0.607 e. The number of hydrogen-bond donors (Lipinski definition) is 0. The van der Waals surface area contributed by atoms with E-state index in [9.17, 15) is 4.55 Å². The van der Waals surface area contributed by atoms with E-state index in [0.29, 0.717) is 0 Å². The van der Waals surface area contributed by atoms with Crippen LogP contribution in [0.15, 0.2) is 47.2 Å². The van der Waals surface area contributed by atoms with Crippen LogP contribution in [0.25, 0.3) is 0 Å². The highest BCUT2D eigenvalue weighted by Gasteiger charge is 2.02. The maximum Gasteiger partial charge on any atom is 0.157 e. The first-order valence-corrected chi connectivity index (χ1v) is 4.14. The van der Waals surface area contributed by atoms with Crippen molar-refractivity contribution in [1.29, 1.82) is 0 Å².